The smallest absolute Gasteiger partial charge is 0.325 e. The van der Waals surface area contributed by atoms with E-state index < -0.39 is 11.6 Å². The lowest BCUT2D eigenvalue weighted by Gasteiger charge is -2.26. The van der Waals surface area contributed by atoms with E-state index >= 15 is 0 Å². The summed E-state index contributed by atoms with van der Waals surface area (Å²) in [5, 5.41) is 5.50. The van der Waals surface area contributed by atoms with Crippen LogP contribution in [0.5, 0.6) is 0 Å². The standard InChI is InChI=1S/C17H23N3O3/c1-4-10-17(13-8-6-5-7-9-13)15(22)20(16(23)19-17)11-14(21)18-12(2)3/h5-9,12H,4,10-11H2,1-3H3,(H,18,21)(H,19,23)/t17-/m1/s1. The zero-order valence-electron chi connectivity index (χ0n) is 13.8. The highest BCUT2D eigenvalue weighted by Gasteiger charge is 2.52. The fourth-order valence-corrected chi connectivity index (χ4v) is 2.89. The minimum Gasteiger partial charge on any atom is -0.352 e. The van der Waals surface area contributed by atoms with Gasteiger partial charge < -0.3 is 10.6 Å². The molecule has 0 aromatic heterocycles. The summed E-state index contributed by atoms with van der Waals surface area (Å²) in [6.45, 7) is 5.35. The van der Waals surface area contributed by atoms with E-state index in [0.717, 1.165) is 16.9 Å². The molecule has 1 aromatic rings. The second kappa shape index (κ2) is 6.81. The molecule has 0 bridgehead atoms. The van der Waals surface area contributed by atoms with E-state index in [1.165, 1.54) is 0 Å². The highest BCUT2D eigenvalue weighted by molar-refractivity contribution is 6.09. The zero-order valence-corrected chi connectivity index (χ0v) is 13.8. The van der Waals surface area contributed by atoms with Gasteiger partial charge >= 0.3 is 6.03 Å². The average Bonchev–Trinajstić information content (AvgIpc) is 2.73. The SMILES string of the molecule is CCC[C@]1(c2ccccc2)NC(=O)N(CC(=O)NC(C)C)C1=O. The van der Waals surface area contributed by atoms with Crippen molar-refractivity contribution >= 4 is 17.8 Å². The third kappa shape index (κ3) is 3.36. The van der Waals surface area contributed by atoms with Crippen molar-refractivity contribution in [2.45, 2.75) is 45.2 Å². The Balaban J connectivity index is 2.28. The van der Waals surface area contributed by atoms with Crippen molar-refractivity contribution in [1.29, 1.82) is 0 Å². The Morgan fingerprint density at radius 3 is 2.48 bits per heavy atom. The second-order valence-electron chi connectivity index (χ2n) is 6.07. The molecule has 23 heavy (non-hydrogen) atoms. The molecule has 0 aliphatic carbocycles. The van der Waals surface area contributed by atoms with Gasteiger partial charge in [-0.25, -0.2) is 4.79 Å². The summed E-state index contributed by atoms with van der Waals surface area (Å²) in [7, 11) is 0. The fourth-order valence-electron chi connectivity index (χ4n) is 2.89. The predicted octanol–water partition coefficient (Wildman–Crippen LogP) is 1.76. The lowest BCUT2D eigenvalue weighted by atomic mass is 9.85. The van der Waals surface area contributed by atoms with Gasteiger partial charge in [0.1, 0.15) is 12.1 Å². The maximum absolute atomic E-state index is 12.9. The molecule has 2 N–H and O–H groups in total. The van der Waals surface area contributed by atoms with Crippen LogP contribution in [-0.4, -0.2) is 35.3 Å². The quantitative estimate of drug-likeness (QED) is 0.785. The van der Waals surface area contributed by atoms with E-state index in [1.807, 2.05) is 51.1 Å². The Morgan fingerprint density at radius 1 is 1.26 bits per heavy atom. The van der Waals surface area contributed by atoms with Crippen LogP contribution in [0.15, 0.2) is 30.3 Å². The maximum atomic E-state index is 12.9. The number of amides is 4. The minimum absolute atomic E-state index is 0.0437. The van der Waals surface area contributed by atoms with E-state index in [0.29, 0.717) is 6.42 Å². The summed E-state index contributed by atoms with van der Waals surface area (Å²) in [5.41, 5.74) is -0.336. The molecule has 1 atom stereocenters. The van der Waals surface area contributed by atoms with Crippen LogP contribution in [-0.2, 0) is 15.1 Å². The summed E-state index contributed by atoms with van der Waals surface area (Å²) >= 11 is 0. The first-order chi connectivity index (χ1) is 10.9. The van der Waals surface area contributed by atoms with Crippen LogP contribution >= 0.6 is 0 Å². The van der Waals surface area contributed by atoms with Gasteiger partial charge in [-0.05, 0) is 25.8 Å². The molecule has 1 heterocycles. The number of hydrogen-bond donors (Lipinski definition) is 2. The molecule has 1 aromatic carbocycles. The second-order valence-corrected chi connectivity index (χ2v) is 6.07. The molecule has 6 nitrogen and oxygen atoms in total. The number of hydrogen-bond acceptors (Lipinski definition) is 3. The third-order valence-corrected chi connectivity index (χ3v) is 3.82. The van der Waals surface area contributed by atoms with Gasteiger partial charge in [0.05, 0.1) is 0 Å². The van der Waals surface area contributed by atoms with Crippen LogP contribution in [0, 0.1) is 0 Å². The van der Waals surface area contributed by atoms with Gasteiger partial charge in [0.2, 0.25) is 5.91 Å². The molecule has 124 valence electrons. The van der Waals surface area contributed by atoms with Crippen LogP contribution in [0.1, 0.15) is 39.2 Å². The molecule has 1 saturated heterocycles. The predicted molar refractivity (Wildman–Crippen MR) is 86.6 cm³/mol. The van der Waals surface area contributed by atoms with Gasteiger partial charge in [-0.15, -0.1) is 0 Å². The topological polar surface area (TPSA) is 78.5 Å². The van der Waals surface area contributed by atoms with Crippen molar-refractivity contribution in [2.75, 3.05) is 6.54 Å². The van der Waals surface area contributed by atoms with Crippen molar-refractivity contribution in [3.05, 3.63) is 35.9 Å². The largest absolute Gasteiger partial charge is 0.352 e. The Kier molecular flexibility index (Phi) is 5.03. The summed E-state index contributed by atoms with van der Waals surface area (Å²) in [6.07, 6.45) is 1.22. The van der Waals surface area contributed by atoms with E-state index in [-0.39, 0.29) is 24.4 Å². The Morgan fingerprint density at radius 2 is 1.91 bits per heavy atom. The Hall–Kier alpha value is -2.37. The Labute approximate surface area is 136 Å². The van der Waals surface area contributed by atoms with Crippen molar-refractivity contribution < 1.29 is 14.4 Å². The van der Waals surface area contributed by atoms with Crippen LogP contribution < -0.4 is 10.6 Å². The molecule has 2 rings (SSSR count). The summed E-state index contributed by atoms with van der Waals surface area (Å²) in [5.74, 6) is -0.710. The number of benzene rings is 1. The van der Waals surface area contributed by atoms with Crippen LogP contribution in [0.2, 0.25) is 0 Å². The summed E-state index contributed by atoms with van der Waals surface area (Å²) in [4.78, 5) is 38.1. The normalized spacial score (nSPS) is 20.8. The van der Waals surface area contributed by atoms with Gasteiger partial charge in [-0.3, -0.25) is 14.5 Å². The maximum Gasteiger partial charge on any atom is 0.325 e. The lowest BCUT2D eigenvalue weighted by molar-refractivity contribution is -0.135. The molecule has 1 aliphatic rings. The molecule has 0 spiro atoms. The van der Waals surface area contributed by atoms with Crippen molar-refractivity contribution in [3.8, 4) is 0 Å². The molecule has 0 saturated carbocycles. The van der Waals surface area contributed by atoms with Gasteiger partial charge in [-0.2, -0.15) is 0 Å². The van der Waals surface area contributed by atoms with Crippen molar-refractivity contribution in [2.24, 2.45) is 0 Å². The highest BCUT2D eigenvalue weighted by Crippen LogP contribution is 2.33. The number of nitrogens with one attached hydrogen (secondary N) is 2. The fraction of sp³-hybridized carbons (Fsp3) is 0.471. The Bertz CT molecular complexity index is 600. The van der Waals surface area contributed by atoms with Gasteiger partial charge in [0.15, 0.2) is 0 Å². The molecule has 4 amide bonds. The number of carbonyl (C=O) groups excluding carboxylic acids is 3. The molecular weight excluding hydrogens is 294 g/mol. The van der Waals surface area contributed by atoms with E-state index in [2.05, 4.69) is 10.6 Å². The monoisotopic (exact) mass is 317 g/mol. The number of imide groups is 1. The highest BCUT2D eigenvalue weighted by atomic mass is 16.2. The van der Waals surface area contributed by atoms with Crippen LogP contribution in [0.25, 0.3) is 0 Å². The molecule has 1 aliphatic heterocycles. The summed E-state index contributed by atoms with van der Waals surface area (Å²) < 4.78 is 0. The average molecular weight is 317 g/mol. The van der Waals surface area contributed by atoms with E-state index in [9.17, 15) is 14.4 Å². The van der Waals surface area contributed by atoms with Crippen LogP contribution in [0.3, 0.4) is 0 Å². The van der Waals surface area contributed by atoms with E-state index in [1.54, 1.807) is 0 Å². The van der Waals surface area contributed by atoms with Gasteiger partial charge in [-0.1, -0.05) is 43.7 Å². The molecular formula is C17H23N3O3. The number of urea groups is 1. The van der Waals surface area contributed by atoms with E-state index in [4.69, 9.17) is 0 Å². The zero-order chi connectivity index (χ0) is 17.0. The third-order valence-electron chi connectivity index (χ3n) is 3.82. The molecule has 0 unspecified atom stereocenters. The van der Waals surface area contributed by atoms with Crippen molar-refractivity contribution in [3.63, 3.8) is 0 Å². The molecule has 0 radical (unpaired) electrons. The summed E-state index contributed by atoms with van der Waals surface area (Å²) in [6, 6.07) is 8.61. The lowest BCUT2D eigenvalue weighted by Crippen LogP contribution is -2.45. The molecule has 6 heteroatoms. The molecule has 1 fully saturated rings. The first-order valence-corrected chi connectivity index (χ1v) is 7.89. The van der Waals surface area contributed by atoms with Gasteiger partial charge in [0.25, 0.3) is 5.91 Å². The first-order valence-electron chi connectivity index (χ1n) is 7.89. The number of carbonyl (C=O) groups is 3. The van der Waals surface area contributed by atoms with Crippen molar-refractivity contribution in [1.82, 2.24) is 15.5 Å². The first kappa shape index (κ1) is 17.0. The van der Waals surface area contributed by atoms with Crippen LogP contribution in [0.4, 0.5) is 4.79 Å². The van der Waals surface area contributed by atoms with Gasteiger partial charge in [0, 0.05) is 6.04 Å². The minimum atomic E-state index is -1.08. The number of rotatable bonds is 6. The number of nitrogens with zero attached hydrogens (tertiary/aromatic N) is 1.